The molecular weight excluding hydrogens is 381 g/mol. The molecule has 0 aromatic heterocycles. The Morgan fingerprint density at radius 2 is 1.60 bits per heavy atom. The molecule has 0 aliphatic heterocycles. The summed E-state index contributed by atoms with van der Waals surface area (Å²) in [6.07, 6.45) is 0. The Kier molecular flexibility index (Phi) is 7.70. The number of hydrogen-bond acceptors (Lipinski definition) is 3. The van der Waals surface area contributed by atoms with Gasteiger partial charge < -0.3 is 14.8 Å². The van der Waals surface area contributed by atoms with Gasteiger partial charge in [-0.1, -0.05) is 54.7 Å². The molecule has 1 N–H and O–H groups in total. The molecule has 0 saturated carbocycles. The van der Waals surface area contributed by atoms with Crippen molar-refractivity contribution in [3.8, 4) is 11.5 Å². The van der Waals surface area contributed by atoms with Gasteiger partial charge in [0.05, 0.1) is 6.61 Å². The second kappa shape index (κ2) is 9.54. The third-order valence-corrected chi connectivity index (χ3v) is 4.45. The second-order valence-corrected chi connectivity index (χ2v) is 7.13. The molecule has 0 saturated heterocycles. The molecule has 0 aliphatic carbocycles. The Morgan fingerprint density at radius 1 is 0.920 bits per heavy atom. The third kappa shape index (κ3) is 5.96. The van der Waals surface area contributed by atoms with E-state index in [4.69, 9.17) is 44.3 Å². The van der Waals surface area contributed by atoms with Crippen LogP contribution in [0.2, 0.25) is 15.1 Å². The summed E-state index contributed by atoms with van der Waals surface area (Å²) in [5.41, 5.74) is 1.81. The lowest BCUT2D eigenvalue weighted by molar-refractivity contribution is 0.269. The lowest BCUT2D eigenvalue weighted by atomic mass is 10.2. The molecule has 0 heterocycles. The predicted octanol–water partition coefficient (Wildman–Crippen LogP) is 6.12. The minimum Gasteiger partial charge on any atom is -0.490 e. The molecule has 0 fully saturated rings. The first-order valence-electron chi connectivity index (χ1n) is 8.16. The standard InChI is InChI=1S/C19H22Cl3NO2/c1-4-24-18-7-14(10-23-12(2)3)17(22)9-19(18)25-11-13-5-6-15(20)8-16(13)21/h5-9,12,23H,4,10-11H2,1-3H3. The smallest absolute Gasteiger partial charge is 0.163 e. The molecule has 0 atom stereocenters. The van der Waals surface area contributed by atoms with Gasteiger partial charge in [0.1, 0.15) is 6.61 Å². The van der Waals surface area contributed by atoms with Gasteiger partial charge in [-0.2, -0.15) is 0 Å². The first kappa shape index (κ1) is 20.2. The van der Waals surface area contributed by atoms with Crippen molar-refractivity contribution in [2.45, 2.75) is 40.0 Å². The first-order chi connectivity index (χ1) is 11.9. The Balaban J connectivity index is 2.19. The van der Waals surface area contributed by atoms with Crippen LogP contribution >= 0.6 is 34.8 Å². The van der Waals surface area contributed by atoms with Gasteiger partial charge >= 0.3 is 0 Å². The Hall–Kier alpha value is -1.13. The summed E-state index contributed by atoms with van der Waals surface area (Å²) < 4.78 is 11.6. The van der Waals surface area contributed by atoms with Gasteiger partial charge in [0.25, 0.3) is 0 Å². The Labute approximate surface area is 164 Å². The van der Waals surface area contributed by atoms with Crippen LogP contribution in [-0.4, -0.2) is 12.6 Å². The summed E-state index contributed by atoms with van der Waals surface area (Å²) in [6, 6.07) is 9.39. The lowest BCUT2D eigenvalue weighted by Gasteiger charge is -2.16. The van der Waals surface area contributed by atoms with Crippen LogP contribution < -0.4 is 14.8 Å². The van der Waals surface area contributed by atoms with Crippen LogP contribution in [0, 0.1) is 0 Å². The molecule has 0 spiro atoms. The summed E-state index contributed by atoms with van der Waals surface area (Å²) in [4.78, 5) is 0. The topological polar surface area (TPSA) is 30.5 Å². The van der Waals surface area contributed by atoms with E-state index in [9.17, 15) is 0 Å². The summed E-state index contributed by atoms with van der Waals surface area (Å²) in [6.45, 7) is 7.61. The number of nitrogens with one attached hydrogen (secondary N) is 1. The van der Waals surface area contributed by atoms with Crippen LogP contribution in [0.1, 0.15) is 31.9 Å². The monoisotopic (exact) mass is 401 g/mol. The van der Waals surface area contributed by atoms with Crippen LogP contribution in [0.15, 0.2) is 30.3 Å². The zero-order valence-corrected chi connectivity index (χ0v) is 16.8. The number of hydrogen-bond donors (Lipinski definition) is 1. The van der Waals surface area contributed by atoms with Crippen molar-refractivity contribution in [3.05, 3.63) is 56.5 Å². The minimum absolute atomic E-state index is 0.302. The number of halogens is 3. The molecule has 0 unspecified atom stereocenters. The van der Waals surface area contributed by atoms with Crippen molar-refractivity contribution >= 4 is 34.8 Å². The number of rotatable bonds is 8. The van der Waals surface area contributed by atoms with Crippen molar-refractivity contribution in [3.63, 3.8) is 0 Å². The van der Waals surface area contributed by atoms with Crippen molar-refractivity contribution in [1.29, 1.82) is 0 Å². The SMILES string of the molecule is CCOc1cc(CNC(C)C)c(Cl)cc1OCc1ccc(Cl)cc1Cl. The second-order valence-electron chi connectivity index (χ2n) is 5.88. The van der Waals surface area contributed by atoms with E-state index in [-0.39, 0.29) is 0 Å². The van der Waals surface area contributed by atoms with Crippen LogP contribution in [0.4, 0.5) is 0 Å². The summed E-state index contributed by atoms with van der Waals surface area (Å²) in [7, 11) is 0. The molecule has 3 nitrogen and oxygen atoms in total. The Bertz CT molecular complexity index is 720. The van der Waals surface area contributed by atoms with Gasteiger partial charge in [-0.3, -0.25) is 0 Å². The highest BCUT2D eigenvalue weighted by molar-refractivity contribution is 6.35. The molecule has 2 aromatic carbocycles. The minimum atomic E-state index is 0.302. The molecule has 0 amide bonds. The van der Waals surface area contributed by atoms with E-state index in [1.165, 1.54) is 0 Å². The zero-order valence-electron chi connectivity index (χ0n) is 14.5. The van der Waals surface area contributed by atoms with E-state index in [1.807, 2.05) is 19.1 Å². The van der Waals surface area contributed by atoms with Crippen LogP contribution in [0.3, 0.4) is 0 Å². The van der Waals surface area contributed by atoms with E-state index in [2.05, 4.69) is 19.2 Å². The van der Waals surface area contributed by atoms with E-state index >= 15 is 0 Å². The lowest BCUT2D eigenvalue weighted by Crippen LogP contribution is -2.22. The van der Waals surface area contributed by atoms with Gasteiger partial charge in [0.2, 0.25) is 0 Å². The first-order valence-corrected chi connectivity index (χ1v) is 9.29. The average Bonchev–Trinajstić information content (AvgIpc) is 2.54. The molecule has 6 heteroatoms. The van der Waals surface area contributed by atoms with E-state index in [0.717, 1.165) is 11.1 Å². The molecular formula is C19H22Cl3NO2. The average molecular weight is 403 g/mol. The van der Waals surface area contributed by atoms with Crippen LogP contribution in [0.5, 0.6) is 11.5 Å². The fourth-order valence-corrected chi connectivity index (χ4v) is 2.89. The molecule has 0 aliphatic rings. The van der Waals surface area contributed by atoms with E-state index in [1.54, 1.807) is 18.2 Å². The van der Waals surface area contributed by atoms with Crippen LogP contribution in [0.25, 0.3) is 0 Å². The molecule has 25 heavy (non-hydrogen) atoms. The molecule has 0 radical (unpaired) electrons. The maximum absolute atomic E-state index is 6.40. The molecule has 2 rings (SSSR count). The van der Waals surface area contributed by atoms with Gasteiger partial charge in [-0.15, -0.1) is 0 Å². The van der Waals surface area contributed by atoms with Crippen molar-refractivity contribution in [1.82, 2.24) is 5.32 Å². The zero-order chi connectivity index (χ0) is 18.4. The van der Waals surface area contributed by atoms with Crippen LogP contribution in [-0.2, 0) is 13.2 Å². The van der Waals surface area contributed by atoms with Crippen molar-refractivity contribution < 1.29 is 9.47 Å². The van der Waals surface area contributed by atoms with Gasteiger partial charge in [0, 0.05) is 39.3 Å². The summed E-state index contributed by atoms with van der Waals surface area (Å²) in [5, 5.41) is 5.14. The number of benzene rings is 2. The maximum Gasteiger partial charge on any atom is 0.163 e. The highest BCUT2D eigenvalue weighted by atomic mass is 35.5. The fourth-order valence-electron chi connectivity index (χ4n) is 2.20. The van der Waals surface area contributed by atoms with Crippen molar-refractivity contribution in [2.24, 2.45) is 0 Å². The van der Waals surface area contributed by atoms with Gasteiger partial charge in [0.15, 0.2) is 11.5 Å². The normalized spacial score (nSPS) is 11.0. The highest BCUT2D eigenvalue weighted by Crippen LogP contribution is 2.35. The highest BCUT2D eigenvalue weighted by Gasteiger charge is 2.12. The quantitative estimate of drug-likeness (QED) is 0.576. The predicted molar refractivity (Wildman–Crippen MR) is 105 cm³/mol. The van der Waals surface area contributed by atoms with Crippen molar-refractivity contribution in [2.75, 3.05) is 6.61 Å². The largest absolute Gasteiger partial charge is 0.490 e. The Morgan fingerprint density at radius 3 is 2.24 bits per heavy atom. The summed E-state index contributed by atoms with van der Waals surface area (Å²) in [5.74, 6) is 1.25. The van der Waals surface area contributed by atoms with Gasteiger partial charge in [-0.05, 0) is 30.7 Å². The van der Waals surface area contributed by atoms with E-state index in [0.29, 0.717) is 52.4 Å². The fraction of sp³-hybridized carbons (Fsp3) is 0.368. The third-order valence-electron chi connectivity index (χ3n) is 3.51. The maximum atomic E-state index is 6.40. The van der Waals surface area contributed by atoms with Gasteiger partial charge in [-0.25, -0.2) is 0 Å². The molecule has 0 bridgehead atoms. The molecule has 2 aromatic rings. The number of ether oxygens (including phenoxy) is 2. The summed E-state index contributed by atoms with van der Waals surface area (Å²) >= 11 is 18.5. The van der Waals surface area contributed by atoms with E-state index < -0.39 is 0 Å². The molecule has 136 valence electrons.